The largest absolute Gasteiger partial charge is 0.467 e. The second-order valence-corrected chi connectivity index (χ2v) is 6.92. The number of furan rings is 1. The van der Waals surface area contributed by atoms with Crippen LogP contribution in [0, 0.1) is 0 Å². The molecule has 0 bridgehead atoms. The molecule has 1 atom stereocenters. The molecular formula is C21H20Cl2N2O2. The summed E-state index contributed by atoms with van der Waals surface area (Å²) in [5.74, 6) is 0.675. The van der Waals surface area contributed by atoms with Gasteiger partial charge in [0.1, 0.15) is 5.76 Å². The van der Waals surface area contributed by atoms with Crippen molar-refractivity contribution >= 4 is 29.1 Å². The molecule has 1 amide bonds. The number of benzene rings is 2. The zero-order chi connectivity index (χ0) is 19.1. The molecule has 1 heterocycles. The topological polar surface area (TPSA) is 54.3 Å². The van der Waals surface area contributed by atoms with E-state index in [9.17, 15) is 4.79 Å². The lowest BCUT2D eigenvalue weighted by molar-refractivity contribution is -0.120. The molecule has 0 aliphatic carbocycles. The van der Waals surface area contributed by atoms with E-state index in [0.717, 1.165) is 16.9 Å². The van der Waals surface area contributed by atoms with Crippen molar-refractivity contribution in [3.63, 3.8) is 0 Å². The maximum atomic E-state index is 12.2. The van der Waals surface area contributed by atoms with Crippen LogP contribution in [0.1, 0.15) is 22.9 Å². The minimum Gasteiger partial charge on any atom is -0.467 e. The predicted molar refractivity (Wildman–Crippen MR) is 108 cm³/mol. The molecule has 4 nitrogen and oxygen atoms in total. The molecule has 3 aromatic rings. The number of carbonyl (C=O) groups is 1. The van der Waals surface area contributed by atoms with E-state index in [-0.39, 0.29) is 18.5 Å². The lowest BCUT2D eigenvalue weighted by atomic mass is 10.0. The molecule has 1 aromatic heterocycles. The van der Waals surface area contributed by atoms with Gasteiger partial charge in [-0.1, -0.05) is 59.6 Å². The Bertz CT molecular complexity index is 867. The Morgan fingerprint density at radius 1 is 1.04 bits per heavy atom. The van der Waals surface area contributed by atoms with Crippen LogP contribution < -0.4 is 10.6 Å². The third kappa shape index (κ3) is 5.60. The van der Waals surface area contributed by atoms with Crippen molar-refractivity contribution in [2.75, 3.05) is 13.1 Å². The van der Waals surface area contributed by atoms with Gasteiger partial charge in [0.2, 0.25) is 5.91 Å². The molecule has 0 aliphatic heterocycles. The molecule has 2 N–H and O–H groups in total. The highest BCUT2D eigenvalue weighted by Crippen LogP contribution is 2.22. The summed E-state index contributed by atoms with van der Waals surface area (Å²) in [5.41, 5.74) is 1.99. The molecule has 0 spiro atoms. The van der Waals surface area contributed by atoms with E-state index >= 15 is 0 Å². The number of hydrogen-bond acceptors (Lipinski definition) is 3. The molecular weight excluding hydrogens is 383 g/mol. The molecule has 0 radical (unpaired) electrons. The van der Waals surface area contributed by atoms with Crippen molar-refractivity contribution in [1.82, 2.24) is 10.6 Å². The highest BCUT2D eigenvalue weighted by molar-refractivity contribution is 6.35. The highest BCUT2D eigenvalue weighted by atomic mass is 35.5. The molecule has 2 aromatic carbocycles. The second kappa shape index (κ2) is 9.60. The molecule has 0 unspecified atom stereocenters. The Morgan fingerprint density at radius 3 is 2.56 bits per heavy atom. The van der Waals surface area contributed by atoms with Crippen molar-refractivity contribution in [2.45, 2.75) is 12.5 Å². The van der Waals surface area contributed by atoms with Crippen molar-refractivity contribution in [2.24, 2.45) is 0 Å². The normalized spacial score (nSPS) is 11.9. The van der Waals surface area contributed by atoms with Crippen molar-refractivity contribution < 1.29 is 9.21 Å². The van der Waals surface area contributed by atoms with Gasteiger partial charge < -0.3 is 9.73 Å². The summed E-state index contributed by atoms with van der Waals surface area (Å²) in [7, 11) is 0. The Labute approximate surface area is 168 Å². The number of halogens is 2. The van der Waals surface area contributed by atoms with Gasteiger partial charge in [0.25, 0.3) is 0 Å². The van der Waals surface area contributed by atoms with E-state index in [1.807, 2.05) is 48.5 Å². The number of rotatable bonds is 8. The maximum Gasteiger partial charge on any atom is 0.233 e. The fraction of sp³-hybridized carbons (Fsp3) is 0.190. The van der Waals surface area contributed by atoms with Gasteiger partial charge in [-0.3, -0.25) is 10.1 Å². The van der Waals surface area contributed by atoms with Crippen LogP contribution in [0.25, 0.3) is 0 Å². The second-order valence-electron chi connectivity index (χ2n) is 6.08. The van der Waals surface area contributed by atoms with E-state index < -0.39 is 0 Å². The van der Waals surface area contributed by atoms with E-state index in [0.29, 0.717) is 23.0 Å². The van der Waals surface area contributed by atoms with Crippen molar-refractivity contribution in [3.8, 4) is 0 Å². The Hall–Kier alpha value is -2.27. The van der Waals surface area contributed by atoms with Gasteiger partial charge in [0, 0.05) is 16.6 Å². The van der Waals surface area contributed by atoms with Gasteiger partial charge in [-0.15, -0.1) is 0 Å². The highest BCUT2D eigenvalue weighted by Gasteiger charge is 2.17. The van der Waals surface area contributed by atoms with Crippen LogP contribution >= 0.6 is 23.2 Å². The maximum absolute atomic E-state index is 12.2. The van der Waals surface area contributed by atoms with E-state index in [2.05, 4.69) is 10.6 Å². The molecule has 0 fully saturated rings. The van der Waals surface area contributed by atoms with Crippen LogP contribution in [-0.4, -0.2) is 19.0 Å². The van der Waals surface area contributed by atoms with Gasteiger partial charge in [-0.05, 0) is 41.8 Å². The first kappa shape index (κ1) is 19.5. The number of carbonyl (C=O) groups excluding carboxylic acids is 1. The molecule has 0 saturated carbocycles. The lowest BCUT2D eigenvalue weighted by Crippen LogP contribution is -2.36. The zero-order valence-corrected chi connectivity index (χ0v) is 16.1. The third-order valence-electron chi connectivity index (χ3n) is 4.16. The number of nitrogens with one attached hydrogen (secondary N) is 2. The summed E-state index contributed by atoms with van der Waals surface area (Å²) in [6.45, 7) is 0.674. The summed E-state index contributed by atoms with van der Waals surface area (Å²) in [5, 5.41) is 7.36. The average Bonchev–Trinajstić information content (AvgIpc) is 3.19. The van der Waals surface area contributed by atoms with Crippen LogP contribution in [0.2, 0.25) is 10.0 Å². The SMILES string of the molecule is O=C(CN[C@H](c1ccccc1)c1ccco1)NCCc1ccc(Cl)cc1Cl. The van der Waals surface area contributed by atoms with Crippen molar-refractivity contribution in [1.29, 1.82) is 0 Å². The van der Waals surface area contributed by atoms with E-state index in [1.54, 1.807) is 18.4 Å². The standard InChI is InChI=1S/C21H20Cl2N2O2/c22-17-9-8-15(18(23)13-17)10-11-24-20(26)14-25-21(19-7-4-12-27-19)16-5-2-1-3-6-16/h1-9,12-13,21,25H,10-11,14H2,(H,24,26)/t21-/m1/s1. The van der Waals surface area contributed by atoms with Crippen molar-refractivity contribution in [3.05, 3.63) is 93.9 Å². The minimum absolute atomic E-state index is 0.0902. The van der Waals surface area contributed by atoms with Crippen LogP contribution in [0.3, 0.4) is 0 Å². The zero-order valence-electron chi connectivity index (χ0n) is 14.6. The quantitative estimate of drug-likeness (QED) is 0.577. The third-order valence-corrected chi connectivity index (χ3v) is 4.75. The summed E-state index contributed by atoms with van der Waals surface area (Å²) in [6.07, 6.45) is 2.27. The fourth-order valence-electron chi connectivity index (χ4n) is 2.80. The smallest absolute Gasteiger partial charge is 0.233 e. The van der Waals surface area contributed by atoms with Crippen LogP contribution in [-0.2, 0) is 11.2 Å². The van der Waals surface area contributed by atoms with Crippen LogP contribution in [0.15, 0.2) is 71.3 Å². The Kier molecular flexibility index (Phi) is 6.93. The van der Waals surface area contributed by atoms with E-state index in [1.165, 1.54) is 0 Å². The summed E-state index contributed by atoms with van der Waals surface area (Å²) >= 11 is 12.0. The summed E-state index contributed by atoms with van der Waals surface area (Å²) in [4.78, 5) is 12.2. The number of hydrogen-bond donors (Lipinski definition) is 2. The van der Waals surface area contributed by atoms with Gasteiger partial charge in [0.15, 0.2) is 0 Å². The van der Waals surface area contributed by atoms with Gasteiger partial charge in [-0.2, -0.15) is 0 Å². The molecule has 3 rings (SSSR count). The lowest BCUT2D eigenvalue weighted by Gasteiger charge is -2.17. The van der Waals surface area contributed by atoms with Gasteiger partial charge in [-0.25, -0.2) is 0 Å². The first-order chi connectivity index (χ1) is 13.1. The molecule has 27 heavy (non-hydrogen) atoms. The van der Waals surface area contributed by atoms with E-state index in [4.69, 9.17) is 27.6 Å². The molecule has 6 heteroatoms. The Balaban J connectivity index is 1.52. The Morgan fingerprint density at radius 2 is 1.85 bits per heavy atom. The van der Waals surface area contributed by atoms with Crippen LogP contribution in [0.5, 0.6) is 0 Å². The fourth-order valence-corrected chi connectivity index (χ4v) is 3.30. The van der Waals surface area contributed by atoms with Crippen LogP contribution in [0.4, 0.5) is 0 Å². The first-order valence-electron chi connectivity index (χ1n) is 8.66. The summed E-state index contributed by atoms with van der Waals surface area (Å²) in [6, 6.07) is 18.8. The van der Waals surface area contributed by atoms with Gasteiger partial charge in [0.05, 0.1) is 18.8 Å². The summed E-state index contributed by atoms with van der Waals surface area (Å²) < 4.78 is 5.52. The van der Waals surface area contributed by atoms with Gasteiger partial charge >= 0.3 is 0 Å². The predicted octanol–water partition coefficient (Wildman–Crippen LogP) is 4.62. The molecule has 0 aliphatic rings. The minimum atomic E-state index is -0.183. The first-order valence-corrected chi connectivity index (χ1v) is 9.41. The monoisotopic (exact) mass is 402 g/mol. The molecule has 0 saturated heterocycles. The average molecular weight is 403 g/mol. The number of amides is 1. The molecule has 140 valence electrons.